The van der Waals surface area contributed by atoms with Gasteiger partial charge in [-0.3, -0.25) is 23.5 Å². The Kier molecular flexibility index (Phi) is 5.79. The summed E-state index contributed by atoms with van der Waals surface area (Å²) in [5, 5.41) is 3.01. The zero-order valence-corrected chi connectivity index (χ0v) is 17.6. The van der Waals surface area contributed by atoms with Crippen molar-refractivity contribution in [3.8, 4) is 0 Å². The van der Waals surface area contributed by atoms with Crippen LogP contribution >= 0.6 is 11.6 Å². The number of amides is 1. The van der Waals surface area contributed by atoms with E-state index in [1.165, 1.54) is 29.6 Å². The highest BCUT2D eigenvalue weighted by Crippen LogP contribution is 2.27. The number of fused-ring (bicyclic) bond motifs is 1. The molecule has 1 N–H and O–H groups in total. The van der Waals surface area contributed by atoms with Crippen LogP contribution in [0.1, 0.15) is 11.1 Å². The number of nitrogens with zero attached hydrogens (tertiary/aromatic N) is 4. The molecule has 0 aliphatic carbocycles. The molecule has 2 aromatic heterocycles. The molecule has 1 aromatic carbocycles. The molecule has 30 heavy (non-hydrogen) atoms. The number of benzene rings is 1. The molecule has 0 aliphatic heterocycles. The lowest BCUT2D eigenvalue weighted by atomic mass is 10.1. The third-order valence-electron chi connectivity index (χ3n) is 4.58. The molecule has 3 rings (SSSR count). The van der Waals surface area contributed by atoms with E-state index < -0.39 is 29.7 Å². The number of aryl methyl sites for hydroxylation is 3. The van der Waals surface area contributed by atoms with Crippen LogP contribution in [-0.2, 0) is 35.0 Å². The number of halogens is 1. The zero-order valence-electron chi connectivity index (χ0n) is 16.9. The molecule has 2 heterocycles. The van der Waals surface area contributed by atoms with Gasteiger partial charge in [0.05, 0.1) is 17.0 Å². The van der Waals surface area contributed by atoms with E-state index in [1.807, 2.05) is 13.0 Å². The average molecular weight is 434 g/mol. The van der Waals surface area contributed by atoms with Crippen molar-refractivity contribution in [2.75, 3.05) is 11.9 Å². The lowest BCUT2D eigenvalue weighted by molar-refractivity contribution is -0.147. The molecular formula is C19H20ClN5O5. The first-order chi connectivity index (χ1) is 14.1. The van der Waals surface area contributed by atoms with Gasteiger partial charge >= 0.3 is 11.7 Å². The van der Waals surface area contributed by atoms with Crippen molar-refractivity contribution in [2.45, 2.75) is 20.4 Å². The number of rotatable bonds is 5. The van der Waals surface area contributed by atoms with E-state index in [0.29, 0.717) is 10.7 Å². The summed E-state index contributed by atoms with van der Waals surface area (Å²) in [6.45, 7) is 2.82. The normalized spacial score (nSPS) is 11.0. The maximum atomic E-state index is 12.4. The van der Waals surface area contributed by atoms with Crippen LogP contribution in [0.25, 0.3) is 11.2 Å². The van der Waals surface area contributed by atoms with Crippen molar-refractivity contribution in [3.05, 3.63) is 55.4 Å². The summed E-state index contributed by atoms with van der Waals surface area (Å²) in [7, 11) is 2.81. The lowest BCUT2D eigenvalue weighted by Gasteiger charge is -2.12. The Morgan fingerprint density at radius 3 is 2.53 bits per heavy atom. The molecule has 0 atom stereocenters. The van der Waals surface area contributed by atoms with Gasteiger partial charge in [-0.25, -0.2) is 9.78 Å². The molecule has 0 unspecified atom stereocenters. The monoisotopic (exact) mass is 433 g/mol. The molecule has 11 heteroatoms. The number of anilines is 1. The highest BCUT2D eigenvalue weighted by atomic mass is 35.5. The summed E-state index contributed by atoms with van der Waals surface area (Å²) >= 11 is 6.15. The fraction of sp³-hybridized carbons (Fsp3) is 0.316. The van der Waals surface area contributed by atoms with Gasteiger partial charge in [-0.2, -0.15) is 0 Å². The summed E-state index contributed by atoms with van der Waals surface area (Å²) in [5.74, 6) is -1.29. The van der Waals surface area contributed by atoms with Crippen molar-refractivity contribution in [1.82, 2.24) is 18.7 Å². The largest absolute Gasteiger partial charge is 0.454 e. The van der Waals surface area contributed by atoms with Crippen LogP contribution in [0.2, 0.25) is 5.02 Å². The van der Waals surface area contributed by atoms with Gasteiger partial charge in [0.1, 0.15) is 6.54 Å². The zero-order chi connectivity index (χ0) is 22.2. The molecule has 0 bridgehead atoms. The third kappa shape index (κ3) is 3.99. The fourth-order valence-corrected chi connectivity index (χ4v) is 3.47. The van der Waals surface area contributed by atoms with E-state index in [9.17, 15) is 19.2 Å². The highest BCUT2D eigenvalue weighted by Gasteiger charge is 2.17. The number of nitrogens with one attached hydrogen (secondary N) is 1. The molecular weight excluding hydrogens is 414 g/mol. The third-order valence-corrected chi connectivity index (χ3v) is 4.88. The van der Waals surface area contributed by atoms with Crippen LogP contribution in [-0.4, -0.2) is 37.2 Å². The molecule has 3 aromatic rings. The van der Waals surface area contributed by atoms with Crippen molar-refractivity contribution in [3.63, 3.8) is 0 Å². The number of esters is 1. The van der Waals surface area contributed by atoms with Gasteiger partial charge in [-0.05, 0) is 31.0 Å². The van der Waals surface area contributed by atoms with Crippen LogP contribution < -0.4 is 16.6 Å². The van der Waals surface area contributed by atoms with E-state index in [2.05, 4.69) is 10.3 Å². The van der Waals surface area contributed by atoms with E-state index in [-0.39, 0.29) is 17.7 Å². The predicted molar refractivity (Wildman–Crippen MR) is 111 cm³/mol. The molecule has 0 saturated carbocycles. The van der Waals surface area contributed by atoms with Crippen LogP contribution in [0.5, 0.6) is 0 Å². The number of carbonyl (C=O) groups is 2. The van der Waals surface area contributed by atoms with Gasteiger partial charge < -0.3 is 14.6 Å². The van der Waals surface area contributed by atoms with E-state index >= 15 is 0 Å². The lowest BCUT2D eigenvalue weighted by Crippen LogP contribution is -2.37. The molecule has 10 nitrogen and oxygen atoms in total. The van der Waals surface area contributed by atoms with E-state index in [4.69, 9.17) is 16.3 Å². The molecule has 1 amide bonds. The van der Waals surface area contributed by atoms with Crippen LogP contribution in [0, 0.1) is 13.8 Å². The molecule has 0 radical (unpaired) electrons. The highest BCUT2D eigenvalue weighted by molar-refractivity contribution is 6.34. The molecule has 0 fully saturated rings. The van der Waals surface area contributed by atoms with Gasteiger partial charge in [0.15, 0.2) is 17.8 Å². The van der Waals surface area contributed by atoms with Crippen LogP contribution in [0.3, 0.4) is 0 Å². The van der Waals surface area contributed by atoms with Gasteiger partial charge in [0.2, 0.25) is 0 Å². The minimum absolute atomic E-state index is 0.0862. The Hall–Kier alpha value is -3.40. The molecule has 0 saturated heterocycles. The Morgan fingerprint density at radius 1 is 1.17 bits per heavy atom. The van der Waals surface area contributed by atoms with Crippen molar-refractivity contribution in [2.24, 2.45) is 14.1 Å². The summed E-state index contributed by atoms with van der Waals surface area (Å²) in [6, 6.07) is 3.58. The van der Waals surface area contributed by atoms with Gasteiger partial charge in [-0.1, -0.05) is 17.7 Å². The minimum Gasteiger partial charge on any atom is -0.454 e. The molecule has 0 aliphatic rings. The summed E-state index contributed by atoms with van der Waals surface area (Å²) in [4.78, 5) is 52.7. The first kappa shape index (κ1) is 21.3. The topological polar surface area (TPSA) is 117 Å². The Morgan fingerprint density at radius 2 is 1.87 bits per heavy atom. The summed E-state index contributed by atoms with van der Waals surface area (Å²) < 4.78 is 8.41. The van der Waals surface area contributed by atoms with Gasteiger partial charge in [0.25, 0.3) is 11.5 Å². The van der Waals surface area contributed by atoms with Crippen molar-refractivity contribution < 1.29 is 14.3 Å². The maximum absolute atomic E-state index is 12.4. The van der Waals surface area contributed by atoms with E-state index in [1.54, 1.807) is 13.0 Å². The Balaban J connectivity index is 1.69. The van der Waals surface area contributed by atoms with Gasteiger partial charge in [0, 0.05) is 14.1 Å². The molecule has 158 valence electrons. The van der Waals surface area contributed by atoms with Crippen LogP contribution in [0.4, 0.5) is 5.69 Å². The average Bonchev–Trinajstić information content (AvgIpc) is 3.09. The first-order valence-corrected chi connectivity index (χ1v) is 9.31. The standard InChI is InChI=1S/C19H20ClN5O5/c1-10-5-11(2)15(12(20)6-10)22-13(26)8-30-14(27)7-25-9-21-17-16(25)18(28)24(4)19(29)23(17)3/h5-6,9H,7-8H2,1-4H3,(H,22,26). The Labute approximate surface area is 175 Å². The molecule has 0 spiro atoms. The summed E-state index contributed by atoms with van der Waals surface area (Å²) in [6.07, 6.45) is 1.27. The number of aromatic nitrogens is 4. The first-order valence-electron chi connectivity index (χ1n) is 8.93. The van der Waals surface area contributed by atoms with Gasteiger partial charge in [-0.15, -0.1) is 0 Å². The maximum Gasteiger partial charge on any atom is 0.332 e. The Bertz CT molecular complexity index is 1260. The minimum atomic E-state index is -0.743. The van der Waals surface area contributed by atoms with Crippen molar-refractivity contribution >= 4 is 40.3 Å². The smallest absolute Gasteiger partial charge is 0.332 e. The fourth-order valence-electron chi connectivity index (χ4n) is 3.10. The number of ether oxygens (including phenoxy) is 1. The SMILES string of the molecule is Cc1cc(C)c(NC(=O)COC(=O)Cn2cnc3c2c(=O)n(C)c(=O)n3C)c(Cl)c1. The van der Waals surface area contributed by atoms with E-state index in [0.717, 1.165) is 15.7 Å². The second-order valence-corrected chi connectivity index (χ2v) is 7.31. The predicted octanol–water partition coefficient (Wildman–Crippen LogP) is 0.886. The van der Waals surface area contributed by atoms with Crippen LogP contribution in [0.15, 0.2) is 28.0 Å². The number of hydrogen-bond donors (Lipinski definition) is 1. The summed E-state index contributed by atoms with van der Waals surface area (Å²) in [5.41, 5.74) is 1.32. The second kappa shape index (κ2) is 8.15. The second-order valence-electron chi connectivity index (χ2n) is 6.90. The number of carbonyl (C=O) groups excluding carboxylic acids is 2. The quantitative estimate of drug-likeness (QED) is 0.597. The number of hydrogen-bond acceptors (Lipinski definition) is 6. The number of imidazole rings is 1. The van der Waals surface area contributed by atoms with Crippen molar-refractivity contribution in [1.29, 1.82) is 0 Å².